The quantitative estimate of drug-likeness (QED) is 0.603. The topological polar surface area (TPSA) is 52.3 Å². The monoisotopic (exact) mass is 251 g/mol. The summed E-state index contributed by atoms with van der Waals surface area (Å²) in [5.41, 5.74) is 4.79. The smallest absolute Gasteiger partial charge is 0.313 e. The summed E-state index contributed by atoms with van der Waals surface area (Å²) >= 11 is 0. The lowest BCUT2D eigenvalue weighted by atomic mass is 9.63. The first-order valence-corrected chi connectivity index (χ1v) is 6.83. The number of ether oxygens (including phenoxy) is 1. The minimum Gasteiger partial charge on any atom is -0.459 e. The first kappa shape index (κ1) is 15.6. The number of esters is 1. The van der Waals surface area contributed by atoms with E-state index < -0.39 is 10.7 Å². The molecule has 2 N–H and O–H groups in total. The molecule has 1 fully saturated rings. The van der Waals surface area contributed by atoms with E-state index >= 15 is 0 Å². The zero-order chi connectivity index (χ0) is 14.0. The lowest BCUT2D eigenvalue weighted by Crippen LogP contribution is -2.43. The van der Waals surface area contributed by atoms with Gasteiger partial charge in [0, 0.05) is 6.54 Å². The van der Waals surface area contributed by atoms with E-state index in [-0.39, 0.29) is 18.1 Å². The van der Waals surface area contributed by atoms with Gasteiger partial charge in [-0.3, -0.25) is 4.79 Å². The molecule has 0 aromatic heterocycles. The summed E-state index contributed by atoms with van der Waals surface area (Å²) in [7, 11) is 6.01. The summed E-state index contributed by atoms with van der Waals surface area (Å²) in [6.45, 7) is 7.95. The van der Waals surface area contributed by atoms with Crippen LogP contribution in [0.1, 0.15) is 59.8 Å². The number of hydrogen-bond acceptors (Lipinski definition) is 3. The maximum Gasteiger partial charge on any atom is 0.313 e. The van der Waals surface area contributed by atoms with Crippen LogP contribution in [-0.2, 0) is 9.53 Å². The SMILES string of the molecule is [B]C(C)(C)CC(C)(CN)C(=O)OC1(C)CCCC1. The fraction of sp³-hybridized carbons (Fsp3) is 0.929. The molecule has 0 bridgehead atoms. The van der Waals surface area contributed by atoms with E-state index in [1.165, 1.54) is 0 Å². The molecule has 102 valence electrons. The molecule has 2 radical (unpaired) electrons. The Kier molecular flexibility index (Phi) is 4.53. The third-order valence-electron chi connectivity index (χ3n) is 3.79. The van der Waals surface area contributed by atoms with Crippen molar-refractivity contribution in [3.63, 3.8) is 0 Å². The van der Waals surface area contributed by atoms with E-state index in [1.807, 2.05) is 27.7 Å². The average molecular weight is 251 g/mol. The highest BCUT2D eigenvalue weighted by atomic mass is 16.6. The van der Waals surface area contributed by atoms with Gasteiger partial charge in [-0.05, 0) is 46.0 Å². The van der Waals surface area contributed by atoms with Crippen molar-refractivity contribution >= 4 is 13.8 Å². The lowest BCUT2D eigenvalue weighted by molar-refractivity contribution is -0.169. The molecule has 0 heterocycles. The Labute approximate surface area is 112 Å². The summed E-state index contributed by atoms with van der Waals surface area (Å²) in [5, 5.41) is -0.427. The Morgan fingerprint density at radius 1 is 1.33 bits per heavy atom. The molecule has 0 aromatic carbocycles. The van der Waals surface area contributed by atoms with E-state index in [1.54, 1.807) is 0 Å². The highest BCUT2D eigenvalue weighted by molar-refractivity contribution is 6.14. The van der Waals surface area contributed by atoms with Gasteiger partial charge in [0.25, 0.3) is 0 Å². The van der Waals surface area contributed by atoms with Crippen molar-refractivity contribution in [3.05, 3.63) is 0 Å². The number of carbonyl (C=O) groups is 1. The van der Waals surface area contributed by atoms with Crippen LogP contribution in [-0.4, -0.2) is 26.0 Å². The number of hydrogen-bond donors (Lipinski definition) is 1. The lowest BCUT2D eigenvalue weighted by Gasteiger charge is -2.36. The third-order valence-corrected chi connectivity index (χ3v) is 3.79. The molecule has 0 spiro atoms. The predicted octanol–water partition coefficient (Wildman–Crippen LogP) is 2.58. The van der Waals surface area contributed by atoms with Crippen molar-refractivity contribution in [2.24, 2.45) is 11.1 Å². The minimum absolute atomic E-state index is 0.201. The Balaban J connectivity index is 2.72. The predicted molar refractivity (Wildman–Crippen MR) is 74.5 cm³/mol. The molecule has 18 heavy (non-hydrogen) atoms. The summed E-state index contributed by atoms with van der Waals surface area (Å²) in [4.78, 5) is 12.4. The standard InChI is InChI=1S/C14H26BNO2/c1-12(2,15)9-13(3,10-16)11(17)18-14(4)7-5-6-8-14/h5-10,16H2,1-4H3. The largest absolute Gasteiger partial charge is 0.459 e. The molecule has 0 aliphatic heterocycles. The first-order valence-electron chi connectivity index (χ1n) is 6.83. The van der Waals surface area contributed by atoms with E-state index in [9.17, 15) is 4.79 Å². The molecule has 1 aliphatic carbocycles. The van der Waals surface area contributed by atoms with E-state index in [4.69, 9.17) is 18.3 Å². The van der Waals surface area contributed by atoms with Crippen molar-refractivity contribution in [2.75, 3.05) is 6.54 Å². The molecule has 0 amide bonds. The molecule has 0 saturated heterocycles. The molecule has 3 nitrogen and oxygen atoms in total. The molecule has 1 atom stereocenters. The number of carbonyl (C=O) groups excluding carboxylic acids is 1. The van der Waals surface area contributed by atoms with Crippen molar-refractivity contribution in [3.8, 4) is 0 Å². The minimum atomic E-state index is -0.691. The van der Waals surface area contributed by atoms with Gasteiger partial charge in [0.1, 0.15) is 5.60 Å². The van der Waals surface area contributed by atoms with Gasteiger partial charge in [-0.2, -0.15) is 0 Å². The van der Waals surface area contributed by atoms with Crippen molar-refractivity contribution in [1.82, 2.24) is 0 Å². The highest BCUT2D eigenvalue weighted by Crippen LogP contribution is 2.40. The Bertz CT molecular complexity index is 305. The Morgan fingerprint density at radius 2 is 1.83 bits per heavy atom. The van der Waals surface area contributed by atoms with Gasteiger partial charge in [-0.1, -0.05) is 19.2 Å². The molecular weight excluding hydrogens is 225 g/mol. The fourth-order valence-electron chi connectivity index (χ4n) is 2.81. The van der Waals surface area contributed by atoms with Crippen LogP contribution in [0, 0.1) is 5.41 Å². The van der Waals surface area contributed by atoms with Crippen LogP contribution in [0.15, 0.2) is 0 Å². The summed E-state index contributed by atoms with van der Waals surface area (Å²) < 4.78 is 5.73. The van der Waals surface area contributed by atoms with Crippen molar-refractivity contribution in [2.45, 2.75) is 70.7 Å². The molecule has 1 rings (SSSR count). The Morgan fingerprint density at radius 3 is 2.22 bits per heavy atom. The average Bonchev–Trinajstić information content (AvgIpc) is 2.62. The normalized spacial score (nSPS) is 22.5. The second-order valence-electron chi connectivity index (χ2n) is 6.98. The first-order chi connectivity index (χ1) is 8.10. The molecule has 1 saturated carbocycles. The van der Waals surface area contributed by atoms with Crippen LogP contribution in [0.25, 0.3) is 0 Å². The third kappa shape index (κ3) is 4.01. The van der Waals surface area contributed by atoms with E-state index in [2.05, 4.69) is 0 Å². The number of rotatable bonds is 5. The highest BCUT2D eigenvalue weighted by Gasteiger charge is 2.41. The molecule has 1 unspecified atom stereocenters. The van der Waals surface area contributed by atoms with Crippen LogP contribution in [0.3, 0.4) is 0 Å². The van der Waals surface area contributed by atoms with Crippen molar-refractivity contribution in [1.29, 1.82) is 0 Å². The van der Waals surface area contributed by atoms with Crippen molar-refractivity contribution < 1.29 is 9.53 Å². The second kappa shape index (κ2) is 5.24. The maximum absolute atomic E-state index is 12.4. The molecular formula is C14H26BNO2. The van der Waals surface area contributed by atoms with Gasteiger partial charge in [-0.15, -0.1) is 0 Å². The molecule has 4 heteroatoms. The summed E-state index contributed by atoms with van der Waals surface area (Å²) in [6.07, 6.45) is 4.69. The second-order valence-corrected chi connectivity index (χ2v) is 6.98. The summed E-state index contributed by atoms with van der Waals surface area (Å²) in [5.74, 6) is -0.201. The van der Waals surface area contributed by atoms with E-state index in [0.29, 0.717) is 6.42 Å². The molecule has 0 aromatic rings. The number of nitrogens with two attached hydrogens (primary N) is 1. The zero-order valence-electron chi connectivity index (χ0n) is 12.2. The van der Waals surface area contributed by atoms with Gasteiger partial charge in [0.2, 0.25) is 0 Å². The van der Waals surface area contributed by atoms with Gasteiger partial charge in [-0.25, -0.2) is 0 Å². The van der Waals surface area contributed by atoms with Gasteiger partial charge in [0.15, 0.2) is 0 Å². The van der Waals surface area contributed by atoms with E-state index in [0.717, 1.165) is 25.7 Å². The zero-order valence-corrected chi connectivity index (χ0v) is 12.2. The van der Waals surface area contributed by atoms with Gasteiger partial charge in [0.05, 0.1) is 13.3 Å². The summed E-state index contributed by atoms with van der Waals surface area (Å²) in [6, 6.07) is 0. The van der Waals surface area contributed by atoms with Crippen LogP contribution in [0.4, 0.5) is 0 Å². The van der Waals surface area contributed by atoms with Crippen LogP contribution in [0.5, 0.6) is 0 Å². The van der Waals surface area contributed by atoms with Gasteiger partial charge < -0.3 is 10.5 Å². The van der Waals surface area contributed by atoms with Gasteiger partial charge >= 0.3 is 5.97 Å². The maximum atomic E-state index is 12.4. The Hall–Kier alpha value is -0.505. The van der Waals surface area contributed by atoms with Crippen LogP contribution < -0.4 is 5.73 Å². The van der Waals surface area contributed by atoms with Crippen LogP contribution in [0.2, 0.25) is 5.31 Å². The fourth-order valence-corrected chi connectivity index (χ4v) is 2.81. The molecule has 1 aliphatic rings. The van der Waals surface area contributed by atoms with Crippen LogP contribution >= 0.6 is 0 Å².